The molecule has 0 radical (unpaired) electrons. The Morgan fingerprint density at radius 3 is 2.74 bits per heavy atom. The van der Waals surface area contributed by atoms with Gasteiger partial charge in [-0.2, -0.15) is 0 Å². The van der Waals surface area contributed by atoms with Crippen molar-refractivity contribution < 1.29 is 28.6 Å². The summed E-state index contributed by atoms with van der Waals surface area (Å²) in [7, 11) is 1.64. The minimum Gasteiger partial charge on any atom is -0.497 e. The third-order valence-electron chi connectivity index (χ3n) is 7.89. The van der Waals surface area contributed by atoms with Gasteiger partial charge in [0.05, 0.1) is 25.3 Å². The van der Waals surface area contributed by atoms with Gasteiger partial charge in [-0.3, -0.25) is 19.3 Å². The smallest absolute Gasteiger partial charge is 0.257 e. The maximum Gasteiger partial charge on any atom is 0.257 e. The van der Waals surface area contributed by atoms with E-state index >= 15 is 0 Å². The summed E-state index contributed by atoms with van der Waals surface area (Å²) in [5.74, 6) is 0.555. The van der Waals surface area contributed by atoms with Crippen LogP contribution in [-0.4, -0.2) is 109 Å². The van der Waals surface area contributed by atoms with Crippen LogP contribution in [0.15, 0.2) is 42.6 Å². The molecule has 3 aliphatic rings. The van der Waals surface area contributed by atoms with Crippen molar-refractivity contribution in [1.82, 2.24) is 25.0 Å². The number of fused-ring (bicyclic) bond motifs is 3. The number of nitrogens with zero attached hydrogens (tertiary/aromatic N) is 4. The van der Waals surface area contributed by atoms with Crippen LogP contribution >= 0.6 is 0 Å². The number of hydrogen-bond donors (Lipinski definition) is 1. The van der Waals surface area contributed by atoms with Crippen molar-refractivity contribution >= 4 is 17.7 Å². The number of benzene rings is 1. The van der Waals surface area contributed by atoms with E-state index in [1.807, 2.05) is 45.0 Å². The molecule has 2 aromatic rings. The average molecular weight is 580 g/mol. The van der Waals surface area contributed by atoms with Crippen LogP contribution in [0.1, 0.15) is 43.1 Å². The van der Waals surface area contributed by atoms with Crippen molar-refractivity contribution in [2.75, 3.05) is 53.0 Å². The minimum absolute atomic E-state index is 0.0524. The molecule has 2 saturated heterocycles. The largest absolute Gasteiger partial charge is 0.497 e. The third kappa shape index (κ3) is 7.19. The van der Waals surface area contributed by atoms with E-state index in [1.165, 1.54) is 0 Å². The predicted octanol–water partition coefficient (Wildman–Crippen LogP) is 1.96. The zero-order valence-electron chi connectivity index (χ0n) is 24.9. The van der Waals surface area contributed by atoms with Gasteiger partial charge in [-0.25, -0.2) is 4.98 Å². The van der Waals surface area contributed by atoms with Crippen molar-refractivity contribution in [3.8, 4) is 11.6 Å². The predicted molar refractivity (Wildman–Crippen MR) is 155 cm³/mol. The van der Waals surface area contributed by atoms with Gasteiger partial charge in [0.15, 0.2) is 0 Å². The molecule has 0 spiro atoms. The lowest BCUT2D eigenvalue weighted by Gasteiger charge is -2.42. The lowest BCUT2D eigenvalue weighted by molar-refractivity contribution is -0.149. The van der Waals surface area contributed by atoms with Crippen LogP contribution in [0.4, 0.5) is 0 Å². The zero-order valence-corrected chi connectivity index (χ0v) is 24.9. The molecule has 0 bridgehead atoms. The van der Waals surface area contributed by atoms with E-state index < -0.39 is 12.1 Å². The third-order valence-corrected chi connectivity index (χ3v) is 7.89. The molecule has 0 aliphatic carbocycles. The Balaban J connectivity index is 1.36. The summed E-state index contributed by atoms with van der Waals surface area (Å²) in [6, 6.07) is 10.5. The number of likely N-dealkylation sites (tertiary alicyclic amines) is 1. The lowest BCUT2D eigenvalue weighted by atomic mass is 9.91. The topological polar surface area (TPSA) is 114 Å². The zero-order chi connectivity index (χ0) is 29.9. The molecule has 42 heavy (non-hydrogen) atoms. The van der Waals surface area contributed by atoms with E-state index in [9.17, 15) is 14.4 Å². The number of ether oxygens (including phenoxy) is 3. The average Bonchev–Trinajstić information content (AvgIpc) is 3.33. The van der Waals surface area contributed by atoms with Crippen LogP contribution in [0.2, 0.25) is 0 Å². The quantitative estimate of drug-likeness (QED) is 0.585. The molecule has 11 heteroatoms. The van der Waals surface area contributed by atoms with E-state index in [-0.39, 0.29) is 48.3 Å². The number of pyridine rings is 1. The summed E-state index contributed by atoms with van der Waals surface area (Å²) in [5, 5.41) is 3.10. The Morgan fingerprint density at radius 1 is 1.12 bits per heavy atom. The molecule has 3 aliphatic heterocycles. The first-order chi connectivity index (χ1) is 20.1. The highest BCUT2D eigenvalue weighted by Crippen LogP contribution is 2.25. The normalized spacial score (nSPS) is 23.8. The lowest BCUT2D eigenvalue weighted by Crippen LogP contribution is -2.59. The molecule has 1 aromatic carbocycles. The molecule has 0 unspecified atom stereocenters. The molecule has 1 aromatic heterocycles. The highest BCUT2D eigenvalue weighted by Gasteiger charge is 2.39. The minimum atomic E-state index is -0.402. The second-order valence-electron chi connectivity index (χ2n) is 12.5. The molecule has 3 amide bonds. The van der Waals surface area contributed by atoms with Crippen LogP contribution in [-0.2, 0) is 20.9 Å². The number of piperazine rings is 1. The highest BCUT2D eigenvalue weighted by molar-refractivity contribution is 5.96. The molecular weight excluding hydrogens is 538 g/mol. The first kappa shape index (κ1) is 29.8. The summed E-state index contributed by atoms with van der Waals surface area (Å²) >= 11 is 0. The Bertz CT molecular complexity index is 1300. The summed E-state index contributed by atoms with van der Waals surface area (Å²) in [6.45, 7) is 9.00. The van der Waals surface area contributed by atoms with E-state index in [0.29, 0.717) is 51.3 Å². The molecule has 1 N–H and O–H groups in total. The van der Waals surface area contributed by atoms with Gasteiger partial charge in [0.1, 0.15) is 24.5 Å². The van der Waals surface area contributed by atoms with E-state index in [1.54, 1.807) is 35.2 Å². The molecule has 226 valence electrons. The number of nitrogens with one attached hydrogen (secondary N) is 1. The Morgan fingerprint density at radius 2 is 1.95 bits per heavy atom. The first-order valence-corrected chi connectivity index (χ1v) is 14.5. The summed E-state index contributed by atoms with van der Waals surface area (Å²) < 4.78 is 17.7. The summed E-state index contributed by atoms with van der Waals surface area (Å²) in [6.07, 6.45) is 1.60. The van der Waals surface area contributed by atoms with Crippen molar-refractivity contribution in [3.05, 3.63) is 53.7 Å². The Hall–Kier alpha value is -3.70. The van der Waals surface area contributed by atoms with Gasteiger partial charge in [-0.05, 0) is 35.2 Å². The van der Waals surface area contributed by atoms with Crippen LogP contribution in [0.25, 0.3) is 0 Å². The molecule has 2 fully saturated rings. The summed E-state index contributed by atoms with van der Waals surface area (Å²) in [4.78, 5) is 50.1. The van der Waals surface area contributed by atoms with Gasteiger partial charge in [0, 0.05) is 51.9 Å². The van der Waals surface area contributed by atoms with Crippen LogP contribution in [0.5, 0.6) is 11.6 Å². The number of amides is 3. The highest BCUT2D eigenvalue weighted by atomic mass is 16.5. The second-order valence-corrected chi connectivity index (χ2v) is 12.5. The molecule has 5 rings (SSSR count). The van der Waals surface area contributed by atoms with E-state index in [4.69, 9.17) is 14.2 Å². The monoisotopic (exact) mass is 579 g/mol. The SMILES string of the molecule is COc1cccc(CN2C[C@@H]3OCC(=O)N4CCN(C(=O)CC(C)(C)C)C[C@H]4COc4ncccc4C(=O)N[C@@H]3C2)c1. The molecule has 11 nitrogen and oxygen atoms in total. The second kappa shape index (κ2) is 12.7. The van der Waals surface area contributed by atoms with Crippen molar-refractivity contribution in [3.63, 3.8) is 0 Å². The van der Waals surface area contributed by atoms with Gasteiger partial charge < -0.3 is 29.3 Å². The number of rotatable bonds is 4. The van der Waals surface area contributed by atoms with Crippen molar-refractivity contribution in [2.45, 2.75) is 51.9 Å². The fraction of sp³-hybridized carbons (Fsp3) is 0.548. The van der Waals surface area contributed by atoms with E-state index in [0.717, 1.165) is 11.3 Å². The van der Waals surface area contributed by atoms with Gasteiger partial charge >= 0.3 is 0 Å². The number of hydrogen-bond acceptors (Lipinski definition) is 8. The van der Waals surface area contributed by atoms with Crippen molar-refractivity contribution in [2.24, 2.45) is 5.41 Å². The Labute approximate surface area is 247 Å². The fourth-order valence-electron chi connectivity index (χ4n) is 5.80. The number of aromatic nitrogens is 1. The molecule has 3 atom stereocenters. The number of carbonyl (C=O) groups is 3. The van der Waals surface area contributed by atoms with Crippen LogP contribution in [0.3, 0.4) is 0 Å². The van der Waals surface area contributed by atoms with Crippen molar-refractivity contribution in [1.29, 1.82) is 0 Å². The van der Waals surface area contributed by atoms with Gasteiger partial charge in [0.25, 0.3) is 5.91 Å². The molecule has 4 heterocycles. The van der Waals surface area contributed by atoms with Gasteiger partial charge in [-0.15, -0.1) is 0 Å². The van der Waals surface area contributed by atoms with Gasteiger partial charge in [-0.1, -0.05) is 32.9 Å². The first-order valence-electron chi connectivity index (χ1n) is 14.5. The van der Waals surface area contributed by atoms with E-state index in [2.05, 4.69) is 15.2 Å². The molecule has 0 saturated carbocycles. The number of carbonyl (C=O) groups excluding carboxylic acids is 3. The standard InChI is InChI=1S/C31H41N5O6/c1-31(2,3)14-27(37)35-11-12-36-22(16-35)19-42-30-24(9-6-10-32-30)29(39)33-25-17-34(18-26(25)41-20-28(36)38)15-21-7-5-8-23(13-21)40-4/h5-10,13,22,25-26H,11-12,14-20H2,1-4H3,(H,33,39)/t22-,25+,26-/m0/s1. The molecular formula is C31H41N5O6. The van der Waals surface area contributed by atoms with Crippen LogP contribution < -0.4 is 14.8 Å². The summed E-state index contributed by atoms with van der Waals surface area (Å²) in [5.41, 5.74) is 1.25. The Kier molecular flexibility index (Phi) is 8.98. The maximum absolute atomic E-state index is 13.5. The van der Waals surface area contributed by atoms with Gasteiger partial charge in [0.2, 0.25) is 17.7 Å². The fourth-order valence-corrected chi connectivity index (χ4v) is 5.80. The number of methoxy groups -OCH3 is 1. The van der Waals surface area contributed by atoms with Crippen LogP contribution in [0, 0.1) is 5.41 Å². The maximum atomic E-state index is 13.5.